The highest BCUT2D eigenvalue weighted by atomic mass is 16.5. The van der Waals surface area contributed by atoms with Gasteiger partial charge in [-0.2, -0.15) is 0 Å². The number of pyridine rings is 1. The van der Waals surface area contributed by atoms with Gasteiger partial charge in [0.15, 0.2) is 0 Å². The second-order valence-corrected chi connectivity index (χ2v) is 4.80. The molecule has 2 rings (SSSR count). The fourth-order valence-electron chi connectivity index (χ4n) is 2.28. The van der Waals surface area contributed by atoms with E-state index in [1.165, 1.54) is 5.56 Å². The molecule has 3 N–H and O–H groups in total. The smallest absolute Gasteiger partial charge is 0.141 e. The fourth-order valence-corrected chi connectivity index (χ4v) is 2.28. The van der Waals surface area contributed by atoms with Crippen molar-refractivity contribution in [2.24, 2.45) is 5.73 Å². The van der Waals surface area contributed by atoms with Crippen LogP contribution in [0.15, 0.2) is 18.5 Å². The predicted molar refractivity (Wildman–Crippen MR) is 73.9 cm³/mol. The molecule has 0 aliphatic rings. The molecule has 4 nitrogen and oxygen atoms in total. The summed E-state index contributed by atoms with van der Waals surface area (Å²) < 4.78 is 5.41. The Hall–Kier alpha value is -1.55. The standard InChI is InChI=1S/C14H21N3O/c1-4-14(15,5-2)8-10-9-17-13-12(10)11(18-3)6-7-16-13/h6-7,9H,4-5,8,15H2,1-3H3,(H,16,17). The quantitative estimate of drug-likeness (QED) is 0.853. The molecule has 0 saturated heterocycles. The zero-order chi connectivity index (χ0) is 13.2. The van der Waals surface area contributed by atoms with Gasteiger partial charge in [0.25, 0.3) is 0 Å². The van der Waals surface area contributed by atoms with Gasteiger partial charge in [-0.05, 0) is 30.9 Å². The summed E-state index contributed by atoms with van der Waals surface area (Å²) in [6, 6.07) is 1.88. The van der Waals surface area contributed by atoms with E-state index in [-0.39, 0.29) is 5.54 Å². The molecule has 0 fully saturated rings. The van der Waals surface area contributed by atoms with E-state index in [1.54, 1.807) is 13.3 Å². The molecule has 0 amide bonds. The van der Waals surface area contributed by atoms with Crippen molar-refractivity contribution >= 4 is 11.0 Å². The minimum atomic E-state index is -0.157. The van der Waals surface area contributed by atoms with E-state index in [0.29, 0.717) is 0 Å². The summed E-state index contributed by atoms with van der Waals surface area (Å²) in [5, 5.41) is 1.05. The average molecular weight is 247 g/mol. The van der Waals surface area contributed by atoms with Gasteiger partial charge in [0.1, 0.15) is 11.4 Å². The van der Waals surface area contributed by atoms with Crippen molar-refractivity contribution in [3.05, 3.63) is 24.0 Å². The van der Waals surface area contributed by atoms with Crippen molar-refractivity contribution in [1.29, 1.82) is 0 Å². The van der Waals surface area contributed by atoms with E-state index in [1.807, 2.05) is 12.3 Å². The molecular formula is C14H21N3O. The molecule has 0 spiro atoms. The molecule has 0 aromatic carbocycles. The molecule has 0 aliphatic heterocycles. The van der Waals surface area contributed by atoms with Gasteiger partial charge in [0.2, 0.25) is 0 Å². The van der Waals surface area contributed by atoms with Crippen LogP contribution in [0, 0.1) is 0 Å². The summed E-state index contributed by atoms with van der Waals surface area (Å²) in [6.45, 7) is 4.27. The van der Waals surface area contributed by atoms with E-state index in [0.717, 1.165) is 36.0 Å². The average Bonchev–Trinajstić information content (AvgIpc) is 2.81. The van der Waals surface area contributed by atoms with Crippen molar-refractivity contribution in [3.63, 3.8) is 0 Å². The molecule has 2 aromatic heterocycles. The largest absolute Gasteiger partial charge is 0.496 e. The van der Waals surface area contributed by atoms with Gasteiger partial charge in [-0.1, -0.05) is 13.8 Å². The molecule has 0 atom stereocenters. The van der Waals surface area contributed by atoms with Gasteiger partial charge in [-0.15, -0.1) is 0 Å². The maximum Gasteiger partial charge on any atom is 0.141 e. The number of nitrogens with two attached hydrogens (primary N) is 1. The Labute approximate surface area is 108 Å². The second-order valence-electron chi connectivity index (χ2n) is 4.80. The number of aromatic amines is 1. The molecule has 0 saturated carbocycles. The summed E-state index contributed by atoms with van der Waals surface area (Å²) in [5.74, 6) is 0.853. The summed E-state index contributed by atoms with van der Waals surface area (Å²) in [5.41, 5.74) is 8.28. The van der Waals surface area contributed by atoms with Crippen molar-refractivity contribution in [3.8, 4) is 5.75 Å². The van der Waals surface area contributed by atoms with Crippen molar-refractivity contribution in [2.45, 2.75) is 38.6 Å². The van der Waals surface area contributed by atoms with Crippen LogP contribution in [0.5, 0.6) is 5.75 Å². The number of rotatable bonds is 5. The molecule has 0 unspecified atom stereocenters. The van der Waals surface area contributed by atoms with E-state index < -0.39 is 0 Å². The Morgan fingerprint density at radius 2 is 2.11 bits per heavy atom. The van der Waals surface area contributed by atoms with E-state index in [2.05, 4.69) is 23.8 Å². The van der Waals surface area contributed by atoms with Crippen LogP contribution >= 0.6 is 0 Å². The predicted octanol–water partition coefficient (Wildman–Crippen LogP) is 2.63. The third kappa shape index (κ3) is 2.20. The van der Waals surface area contributed by atoms with Gasteiger partial charge in [-0.3, -0.25) is 0 Å². The SMILES string of the molecule is CCC(N)(CC)Cc1c[nH]c2nccc(OC)c12. The number of hydrogen-bond acceptors (Lipinski definition) is 3. The summed E-state index contributed by atoms with van der Waals surface area (Å²) in [7, 11) is 1.68. The Kier molecular flexibility index (Phi) is 3.57. The summed E-state index contributed by atoms with van der Waals surface area (Å²) in [4.78, 5) is 7.50. The molecule has 98 valence electrons. The van der Waals surface area contributed by atoms with Crippen LogP contribution in [0.4, 0.5) is 0 Å². The first-order valence-electron chi connectivity index (χ1n) is 6.41. The lowest BCUT2D eigenvalue weighted by molar-refractivity contribution is 0.393. The number of methoxy groups -OCH3 is 1. The lowest BCUT2D eigenvalue weighted by atomic mass is 9.87. The molecule has 0 bridgehead atoms. The molecule has 2 heterocycles. The highest BCUT2D eigenvalue weighted by Gasteiger charge is 2.23. The number of H-pyrrole nitrogens is 1. The maximum atomic E-state index is 6.40. The first-order valence-corrected chi connectivity index (χ1v) is 6.41. The zero-order valence-corrected chi connectivity index (χ0v) is 11.3. The third-order valence-electron chi connectivity index (χ3n) is 3.79. The lowest BCUT2D eigenvalue weighted by Gasteiger charge is -2.26. The van der Waals surface area contributed by atoms with Crippen LogP contribution in [-0.4, -0.2) is 22.6 Å². The number of aromatic nitrogens is 2. The van der Waals surface area contributed by atoms with Crippen LogP contribution in [0.1, 0.15) is 32.3 Å². The topological polar surface area (TPSA) is 63.9 Å². The molecule has 4 heteroatoms. The van der Waals surface area contributed by atoms with Gasteiger partial charge in [0, 0.05) is 17.9 Å². The van der Waals surface area contributed by atoms with E-state index >= 15 is 0 Å². The zero-order valence-electron chi connectivity index (χ0n) is 11.3. The molecule has 0 radical (unpaired) electrons. The minimum Gasteiger partial charge on any atom is -0.496 e. The Bertz CT molecular complexity index is 529. The van der Waals surface area contributed by atoms with E-state index in [9.17, 15) is 0 Å². The van der Waals surface area contributed by atoms with Crippen molar-refractivity contribution < 1.29 is 4.74 Å². The number of fused-ring (bicyclic) bond motifs is 1. The first-order chi connectivity index (χ1) is 8.63. The first kappa shape index (κ1) is 12.9. The van der Waals surface area contributed by atoms with Crippen LogP contribution < -0.4 is 10.5 Å². The minimum absolute atomic E-state index is 0.157. The Balaban J connectivity index is 2.45. The van der Waals surface area contributed by atoms with Gasteiger partial charge < -0.3 is 15.5 Å². The lowest BCUT2D eigenvalue weighted by Crippen LogP contribution is -2.40. The molecular weight excluding hydrogens is 226 g/mol. The molecule has 0 aliphatic carbocycles. The van der Waals surface area contributed by atoms with Crippen LogP contribution in [0.3, 0.4) is 0 Å². The monoisotopic (exact) mass is 247 g/mol. The number of hydrogen-bond donors (Lipinski definition) is 2. The van der Waals surface area contributed by atoms with Crippen LogP contribution in [0.2, 0.25) is 0 Å². The van der Waals surface area contributed by atoms with Gasteiger partial charge in [-0.25, -0.2) is 4.98 Å². The highest BCUT2D eigenvalue weighted by molar-refractivity contribution is 5.86. The second kappa shape index (κ2) is 4.98. The normalized spacial score (nSPS) is 12.0. The van der Waals surface area contributed by atoms with Gasteiger partial charge in [0.05, 0.1) is 12.5 Å². The third-order valence-corrected chi connectivity index (χ3v) is 3.79. The van der Waals surface area contributed by atoms with Crippen LogP contribution in [-0.2, 0) is 6.42 Å². The number of nitrogens with zero attached hydrogens (tertiary/aromatic N) is 1. The van der Waals surface area contributed by atoms with Gasteiger partial charge >= 0.3 is 0 Å². The fraction of sp³-hybridized carbons (Fsp3) is 0.500. The Morgan fingerprint density at radius 1 is 1.39 bits per heavy atom. The van der Waals surface area contributed by atoms with E-state index in [4.69, 9.17) is 10.5 Å². The number of ether oxygens (including phenoxy) is 1. The highest BCUT2D eigenvalue weighted by Crippen LogP contribution is 2.30. The van der Waals surface area contributed by atoms with Crippen molar-refractivity contribution in [2.75, 3.05) is 7.11 Å². The Morgan fingerprint density at radius 3 is 2.72 bits per heavy atom. The summed E-state index contributed by atoms with van der Waals surface area (Å²) >= 11 is 0. The van der Waals surface area contributed by atoms with Crippen LogP contribution in [0.25, 0.3) is 11.0 Å². The maximum absolute atomic E-state index is 6.40. The molecule has 18 heavy (non-hydrogen) atoms. The number of nitrogens with one attached hydrogen (secondary N) is 1. The van der Waals surface area contributed by atoms with Crippen molar-refractivity contribution in [1.82, 2.24) is 9.97 Å². The molecule has 2 aromatic rings. The summed E-state index contributed by atoms with van der Waals surface area (Å²) in [6.07, 6.45) is 6.49.